The molecule has 4 nitrogen and oxygen atoms in total. The molecule has 0 atom stereocenters. The molecular weight excluding hydrogens is 228 g/mol. The zero-order chi connectivity index (χ0) is 13.1. The Morgan fingerprint density at radius 1 is 1.28 bits per heavy atom. The number of H-pyrrole nitrogens is 1. The predicted octanol–water partition coefficient (Wildman–Crippen LogP) is 2.40. The first-order chi connectivity index (χ1) is 8.56. The molecule has 0 radical (unpaired) electrons. The molecule has 0 fully saturated rings. The zero-order valence-corrected chi connectivity index (χ0v) is 10.9. The Morgan fingerprint density at radius 2 is 1.94 bits per heavy atom. The van der Waals surface area contributed by atoms with E-state index < -0.39 is 0 Å². The highest BCUT2D eigenvalue weighted by Gasteiger charge is 2.03. The van der Waals surface area contributed by atoms with Crippen LogP contribution in [0.15, 0.2) is 35.1 Å². The van der Waals surface area contributed by atoms with Crippen molar-refractivity contribution in [3.63, 3.8) is 0 Å². The largest absolute Gasteiger partial charge is 0.374 e. The number of hydrogen-bond acceptors (Lipinski definition) is 2. The summed E-state index contributed by atoms with van der Waals surface area (Å²) >= 11 is 0. The second-order valence-corrected chi connectivity index (χ2v) is 4.64. The Hall–Kier alpha value is -1.81. The predicted molar refractivity (Wildman–Crippen MR) is 71.1 cm³/mol. The summed E-state index contributed by atoms with van der Waals surface area (Å²) in [6.07, 6.45) is 0.221. The smallest absolute Gasteiger partial charge is 0.271 e. The minimum Gasteiger partial charge on any atom is -0.374 e. The van der Waals surface area contributed by atoms with Crippen molar-refractivity contribution in [3.05, 3.63) is 51.9 Å². The van der Waals surface area contributed by atoms with Gasteiger partial charge in [-0.2, -0.15) is 0 Å². The number of hydrogen-bond donors (Lipinski definition) is 1. The topological polar surface area (TPSA) is 47.0 Å². The number of rotatable bonds is 4. The lowest BCUT2D eigenvalue weighted by Crippen LogP contribution is -2.13. The van der Waals surface area contributed by atoms with Gasteiger partial charge in [0.2, 0.25) is 0 Å². The fraction of sp³-hybridized carbons (Fsp3) is 0.357. The summed E-state index contributed by atoms with van der Waals surface area (Å²) in [6.45, 7) is 6.48. The summed E-state index contributed by atoms with van der Waals surface area (Å²) in [6, 6.07) is 9.35. The van der Waals surface area contributed by atoms with Gasteiger partial charge in [0.1, 0.15) is 0 Å². The molecule has 0 saturated carbocycles. The maximum Gasteiger partial charge on any atom is 0.271 e. The van der Waals surface area contributed by atoms with Crippen molar-refractivity contribution in [1.29, 1.82) is 0 Å². The van der Waals surface area contributed by atoms with Crippen LogP contribution < -0.4 is 5.56 Å². The molecule has 0 spiro atoms. The van der Waals surface area contributed by atoms with E-state index in [9.17, 15) is 4.79 Å². The highest BCUT2D eigenvalue weighted by atomic mass is 16.5. The van der Waals surface area contributed by atoms with E-state index in [1.807, 2.05) is 45.0 Å². The fourth-order valence-electron chi connectivity index (χ4n) is 1.71. The fourth-order valence-corrected chi connectivity index (χ4v) is 1.71. The van der Waals surface area contributed by atoms with Crippen molar-refractivity contribution in [2.75, 3.05) is 0 Å². The van der Waals surface area contributed by atoms with Gasteiger partial charge in [0.25, 0.3) is 5.56 Å². The Balaban J connectivity index is 2.17. The van der Waals surface area contributed by atoms with E-state index in [0.29, 0.717) is 6.61 Å². The number of ether oxygens (including phenoxy) is 1. The molecule has 0 aliphatic carbocycles. The average molecular weight is 246 g/mol. The third kappa shape index (κ3) is 2.90. The third-order valence-corrected chi connectivity index (χ3v) is 2.63. The van der Waals surface area contributed by atoms with E-state index in [2.05, 4.69) is 5.10 Å². The Bertz CT molecular complexity index is 564. The molecule has 18 heavy (non-hydrogen) atoms. The molecule has 0 saturated heterocycles. The lowest BCUT2D eigenvalue weighted by molar-refractivity contribution is 0.0657. The van der Waals surface area contributed by atoms with Gasteiger partial charge >= 0.3 is 0 Å². The summed E-state index contributed by atoms with van der Waals surface area (Å²) in [7, 11) is 0. The molecule has 0 aliphatic heterocycles. The van der Waals surface area contributed by atoms with Crippen molar-refractivity contribution < 1.29 is 4.74 Å². The molecule has 0 aliphatic rings. The van der Waals surface area contributed by atoms with Gasteiger partial charge in [-0.25, -0.2) is 4.68 Å². The Labute approximate surface area is 106 Å². The van der Waals surface area contributed by atoms with Gasteiger partial charge in [0.05, 0.1) is 18.4 Å². The Kier molecular flexibility index (Phi) is 3.67. The molecule has 96 valence electrons. The molecule has 1 N–H and O–H groups in total. The number of nitrogens with one attached hydrogen (secondary N) is 1. The first-order valence-electron chi connectivity index (χ1n) is 6.06. The van der Waals surface area contributed by atoms with Crippen LogP contribution in [0, 0.1) is 6.92 Å². The summed E-state index contributed by atoms with van der Waals surface area (Å²) < 4.78 is 7.06. The second kappa shape index (κ2) is 5.23. The second-order valence-electron chi connectivity index (χ2n) is 4.64. The maximum atomic E-state index is 11.6. The molecule has 2 aromatic rings. The average Bonchev–Trinajstić information content (AvgIpc) is 2.66. The number of aryl methyl sites for hydroxylation is 1. The molecule has 1 aromatic carbocycles. The van der Waals surface area contributed by atoms with Crippen LogP contribution in [0.3, 0.4) is 0 Å². The Morgan fingerprint density at radius 3 is 2.44 bits per heavy atom. The van der Waals surface area contributed by atoms with Gasteiger partial charge in [0, 0.05) is 11.8 Å². The van der Waals surface area contributed by atoms with Crippen LogP contribution >= 0.6 is 0 Å². The zero-order valence-electron chi connectivity index (χ0n) is 10.9. The SMILES string of the molecule is Cc1cc(=O)n(-c2ccc(COC(C)C)cc2)[nH]1. The van der Waals surface area contributed by atoms with Crippen LogP contribution in [-0.4, -0.2) is 15.9 Å². The molecule has 1 heterocycles. The normalized spacial score (nSPS) is 11.1. The number of benzene rings is 1. The van der Waals surface area contributed by atoms with Gasteiger partial charge in [-0.15, -0.1) is 0 Å². The van der Waals surface area contributed by atoms with Crippen molar-refractivity contribution in [3.8, 4) is 5.69 Å². The standard InChI is InChI=1S/C14H18N2O2/c1-10(2)18-9-12-4-6-13(7-5-12)16-14(17)8-11(3)15-16/h4-8,10,15H,9H2,1-3H3. The highest BCUT2D eigenvalue weighted by molar-refractivity contribution is 5.33. The molecular formula is C14H18N2O2. The van der Waals surface area contributed by atoms with Gasteiger partial charge in [0.15, 0.2) is 0 Å². The van der Waals surface area contributed by atoms with E-state index in [1.165, 1.54) is 4.68 Å². The first-order valence-corrected chi connectivity index (χ1v) is 6.06. The lowest BCUT2D eigenvalue weighted by Gasteiger charge is -2.08. The van der Waals surface area contributed by atoms with E-state index in [0.717, 1.165) is 16.9 Å². The first kappa shape index (κ1) is 12.6. The maximum absolute atomic E-state index is 11.6. The highest BCUT2D eigenvalue weighted by Crippen LogP contribution is 2.09. The van der Waals surface area contributed by atoms with Gasteiger partial charge in [-0.05, 0) is 38.5 Å². The lowest BCUT2D eigenvalue weighted by atomic mass is 10.2. The summed E-state index contributed by atoms with van der Waals surface area (Å²) in [5, 5.41) is 3.00. The molecule has 1 aromatic heterocycles. The number of aromatic amines is 1. The number of aromatic nitrogens is 2. The van der Waals surface area contributed by atoms with Crippen molar-refractivity contribution in [2.45, 2.75) is 33.5 Å². The van der Waals surface area contributed by atoms with Crippen molar-refractivity contribution in [1.82, 2.24) is 9.78 Å². The third-order valence-electron chi connectivity index (χ3n) is 2.63. The molecule has 2 rings (SSSR count). The van der Waals surface area contributed by atoms with Crippen LogP contribution in [-0.2, 0) is 11.3 Å². The summed E-state index contributed by atoms with van der Waals surface area (Å²) in [5.74, 6) is 0. The molecule has 0 unspecified atom stereocenters. The summed E-state index contributed by atoms with van der Waals surface area (Å²) in [5.41, 5.74) is 2.75. The van der Waals surface area contributed by atoms with Crippen molar-refractivity contribution >= 4 is 0 Å². The molecule has 4 heteroatoms. The molecule has 0 bridgehead atoms. The van der Waals surface area contributed by atoms with Crippen LogP contribution in [0.4, 0.5) is 0 Å². The quantitative estimate of drug-likeness (QED) is 0.900. The van der Waals surface area contributed by atoms with E-state index in [4.69, 9.17) is 4.74 Å². The van der Waals surface area contributed by atoms with Crippen LogP contribution in [0.2, 0.25) is 0 Å². The monoisotopic (exact) mass is 246 g/mol. The van der Waals surface area contributed by atoms with Crippen LogP contribution in [0.1, 0.15) is 25.1 Å². The van der Waals surface area contributed by atoms with Crippen LogP contribution in [0.5, 0.6) is 0 Å². The van der Waals surface area contributed by atoms with Gasteiger partial charge in [-0.3, -0.25) is 9.89 Å². The summed E-state index contributed by atoms with van der Waals surface area (Å²) in [4.78, 5) is 11.6. The minimum atomic E-state index is -0.0429. The van der Waals surface area contributed by atoms with Crippen LogP contribution in [0.25, 0.3) is 5.69 Å². The van der Waals surface area contributed by atoms with E-state index in [1.54, 1.807) is 6.07 Å². The minimum absolute atomic E-state index is 0.0429. The molecule has 0 amide bonds. The van der Waals surface area contributed by atoms with Crippen molar-refractivity contribution in [2.24, 2.45) is 0 Å². The van der Waals surface area contributed by atoms with Gasteiger partial charge < -0.3 is 4.74 Å². The van der Waals surface area contributed by atoms with E-state index in [-0.39, 0.29) is 11.7 Å². The van der Waals surface area contributed by atoms with E-state index >= 15 is 0 Å². The number of nitrogens with zero attached hydrogens (tertiary/aromatic N) is 1. The van der Waals surface area contributed by atoms with Gasteiger partial charge in [-0.1, -0.05) is 12.1 Å².